The van der Waals surface area contributed by atoms with Crippen LogP contribution < -0.4 is 17.2 Å². The lowest BCUT2D eigenvalue weighted by molar-refractivity contribution is 0.135. The van der Waals surface area contributed by atoms with Gasteiger partial charge in [0.1, 0.15) is 6.73 Å². The van der Waals surface area contributed by atoms with Crippen molar-refractivity contribution in [2.45, 2.75) is 4.90 Å². The second kappa shape index (κ2) is 5.47. The maximum atomic E-state index is 11.2. The summed E-state index contributed by atoms with van der Waals surface area (Å²) in [6.07, 6.45) is -0.511. The van der Waals surface area contributed by atoms with E-state index in [-0.39, 0.29) is 6.73 Å². The molecule has 0 heterocycles. The van der Waals surface area contributed by atoms with E-state index < -0.39 is 6.09 Å². The molecule has 0 aromatic heterocycles. The van der Waals surface area contributed by atoms with Gasteiger partial charge in [-0.05, 0) is 30.1 Å². The molecule has 16 heavy (non-hydrogen) atoms. The summed E-state index contributed by atoms with van der Waals surface area (Å²) >= 11 is 1.18. The highest BCUT2D eigenvalue weighted by Crippen LogP contribution is 2.26. The van der Waals surface area contributed by atoms with E-state index in [1.165, 1.54) is 16.3 Å². The molecule has 0 fully saturated rings. The Balaban J connectivity index is 2.66. The second-order valence-corrected chi connectivity index (χ2v) is 4.16. The van der Waals surface area contributed by atoms with Crippen molar-refractivity contribution in [2.75, 3.05) is 25.2 Å². The van der Waals surface area contributed by atoms with E-state index in [0.717, 1.165) is 4.90 Å². The van der Waals surface area contributed by atoms with Crippen LogP contribution in [0.15, 0.2) is 23.1 Å². The second-order valence-electron chi connectivity index (χ2n) is 2.96. The van der Waals surface area contributed by atoms with Gasteiger partial charge in [-0.1, -0.05) is 0 Å². The normalized spacial score (nSPS) is 9.88. The van der Waals surface area contributed by atoms with Gasteiger partial charge in [-0.2, -0.15) is 0 Å². The largest absolute Gasteiger partial charge is 0.433 e. The first kappa shape index (κ1) is 12.5. The van der Waals surface area contributed by atoms with Crippen LogP contribution in [0.5, 0.6) is 0 Å². The Morgan fingerprint density at radius 1 is 1.44 bits per heavy atom. The minimum Gasteiger partial charge on any atom is -0.433 e. The van der Waals surface area contributed by atoms with Crippen LogP contribution in [0.2, 0.25) is 0 Å². The number of anilines is 2. The van der Waals surface area contributed by atoms with E-state index in [1.54, 1.807) is 25.2 Å². The van der Waals surface area contributed by atoms with Crippen molar-refractivity contribution < 1.29 is 9.53 Å². The quantitative estimate of drug-likeness (QED) is 0.412. The Morgan fingerprint density at radius 2 is 2.12 bits per heavy atom. The first-order valence-corrected chi connectivity index (χ1v) is 5.25. The molecule has 0 saturated heterocycles. The number of nitrogens with two attached hydrogens (primary N) is 3. The molecule has 0 radical (unpaired) electrons. The van der Waals surface area contributed by atoms with Crippen LogP contribution in [0.1, 0.15) is 0 Å². The lowest BCUT2D eigenvalue weighted by atomic mass is 10.3. The molecule has 0 spiro atoms. The fraction of sp³-hybridized carbons (Fsp3) is 0.222. The molecule has 88 valence electrons. The van der Waals surface area contributed by atoms with Crippen molar-refractivity contribution in [3.05, 3.63) is 18.2 Å². The Labute approximate surface area is 97.8 Å². The number of carbonyl (C=O) groups is 1. The molecule has 0 aliphatic carbocycles. The van der Waals surface area contributed by atoms with Crippen LogP contribution in [-0.2, 0) is 4.74 Å². The maximum absolute atomic E-state index is 11.2. The van der Waals surface area contributed by atoms with E-state index in [2.05, 4.69) is 4.74 Å². The van der Waals surface area contributed by atoms with Gasteiger partial charge in [-0.25, -0.2) is 4.79 Å². The number of ether oxygens (including phenoxy) is 1. The van der Waals surface area contributed by atoms with Crippen molar-refractivity contribution in [2.24, 2.45) is 5.73 Å². The highest BCUT2D eigenvalue weighted by atomic mass is 32.2. The first-order chi connectivity index (χ1) is 7.54. The molecule has 0 aliphatic rings. The summed E-state index contributed by atoms with van der Waals surface area (Å²) in [5.41, 5.74) is 17.3. The predicted molar refractivity (Wildman–Crippen MR) is 64.4 cm³/mol. The van der Waals surface area contributed by atoms with Gasteiger partial charge in [0.2, 0.25) is 0 Å². The predicted octanol–water partition coefficient (Wildman–Crippen LogP) is 0.843. The minimum atomic E-state index is -0.511. The summed E-state index contributed by atoms with van der Waals surface area (Å²) in [6, 6.07) is 5.13. The monoisotopic (exact) mass is 242 g/mol. The van der Waals surface area contributed by atoms with Crippen molar-refractivity contribution in [3.8, 4) is 0 Å². The van der Waals surface area contributed by atoms with E-state index >= 15 is 0 Å². The lowest BCUT2D eigenvalue weighted by Crippen LogP contribution is -2.23. The molecule has 7 heteroatoms. The fourth-order valence-electron chi connectivity index (χ4n) is 0.967. The Kier molecular flexibility index (Phi) is 4.27. The molecule has 0 bridgehead atoms. The number of hydrogen-bond acceptors (Lipinski definition) is 6. The fourth-order valence-corrected chi connectivity index (χ4v) is 1.72. The SMILES string of the molecule is CN(Sc1ccc(N)c(N)c1)C(=O)OCN. The maximum Gasteiger partial charge on any atom is 0.421 e. The standard InChI is InChI=1S/C9H14N4O2S/c1-13(9(14)15-5-10)16-6-2-3-7(11)8(12)4-6/h2-4H,5,10-12H2,1H3. The summed E-state index contributed by atoms with van der Waals surface area (Å²) in [7, 11) is 1.58. The number of amides is 1. The third-order valence-electron chi connectivity index (χ3n) is 1.76. The van der Waals surface area contributed by atoms with Gasteiger partial charge in [-0.3, -0.25) is 10.0 Å². The van der Waals surface area contributed by atoms with Gasteiger partial charge in [0, 0.05) is 11.9 Å². The number of nitrogen functional groups attached to an aromatic ring is 2. The molecule has 0 aliphatic heterocycles. The first-order valence-electron chi connectivity index (χ1n) is 4.48. The number of carbonyl (C=O) groups excluding carboxylic acids is 1. The van der Waals surface area contributed by atoms with Gasteiger partial charge < -0.3 is 16.2 Å². The van der Waals surface area contributed by atoms with Crippen molar-refractivity contribution in [1.82, 2.24) is 4.31 Å². The minimum absolute atomic E-state index is 0.145. The van der Waals surface area contributed by atoms with Crippen LogP contribution in [-0.4, -0.2) is 24.2 Å². The Morgan fingerprint density at radius 3 is 2.69 bits per heavy atom. The summed E-state index contributed by atoms with van der Waals surface area (Å²) in [6.45, 7) is -0.145. The van der Waals surface area contributed by atoms with Crippen LogP contribution in [0, 0.1) is 0 Å². The van der Waals surface area contributed by atoms with Crippen molar-refractivity contribution in [3.63, 3.8) is 0 Å². The molecule has 6 N–H and O–H groups in total. The summed E-state index contributed by atoms with van der Waals surface area (Å²) < 4.78 is 5.94. The topological polar surface area (TPSA) is 108 Å². The highest BCUT2D eigenvalue weighted by molar-refractivity contribution is 7.97. The summed E-state index contributed by atoms with van der Waals surface area (Å²) in [5, 5.41) is 0. The van der Waals surface area contributed by atoms with Crippen molar-refractivity contribution >= 4 is 29.4 Å². The molecule has 0 saturated carbocycles. The van der Waals surface area contributed by atoms with E-state index in [0.29, 0.717) is 11.4 Å². The van der Waals surface area contributed by atoms with Gasteiger partial charge in [0.05, 0.1) is 11.4 Å². The van der Waals surface area contributed by atoms with Crippen LogP contribution >= 0.6 is 11.9 Å². The Bertz CT molecular complexity index is 386. The van der Waals surface area contributed by atoms with E-state index in [4.69, 9.17) is 17.2 Å². The van der Waals surface area contributed by atoms with E-state index in [9.17, 15) is 4.79 Å². The molecule has 1 aromatic carbocycles. The zero-order valence-corrected chi connectivity index (χ0v) is 9.66. The van der Waals surface area contributed by atoms with Crippen molar-refractivity contribution in [1.29, 1.82) is 0 Å². The molecule has 1 aromatic rings. The third-order valence-corrected chi connectivity index (χ3v) is 2.65. The average molecular weight is 242 g/mol. The number of rotatable bonds is 3. The third kappa shape index (κ3) is 3.21. The smallest absolute Gasteiger partial charge is 0.421 e. The number of nitrogens with zero attached hydrogens (tertiary/aromatic N) is 1. The zero-order valence-electron chi connectivity index (χ0n) is 8.84. The molecular weight excluding hydrogens is 228 g/mol. The highest BCUT2D eigenvalue weighted by Gasteiger charge is 2.11. The molecule has 0 unspecified atom stereocenters. The van der Waals surface area contributed by atoms with Crippen LogP contribution in [0.25, 0.3) is 0 Å². The molecule has 1 amide bonds. The summed E-state index contributed by atoms with van der Waals surface area (Å²) in [4.78, 5) is 12.0. The van der Waals surface area contributed by atoms with E-state index in [1.807, 2.05) is 0 Å². The molecule has 6 nitrogen and oxygen atoms in total. The zero-order chi connectivity index (χ0) is 12.1. The number of benzene rings is 1. The van der Waals surface area contributed by atoms with Gasteiger partial charge in [0.15, 0.2) is 0 Å². The van der Waals surface area contributed by atoms with Gasteiger partial charge in [-0.15, -0.1) is 0 Å². The number of hydrogen-bond donors (Lipinski definition) is 3. The summed E-state index contributed by atoms with van der Waals surface area (Å²) in [5.74, 6) is 0. The van der Waals surface area contributed by atoms with Crippen LogP contribution in [0.4, 0.5) is 16.2 Å². The van der Waals surface area contributed by atoms with Crippen LogP contribution in [0.3, 0.4) is 0 Å². The van der Waals surface area contributed by atoms with Gasteiger partial charge in [0.25, 0.3) is 0 Å². The molecular formula is C9H14N4O2S. The van der Waals surface area contributed by atoms with Gasteiger partial charge >= 0.3 is 6.09 Å². The Hall–Kier alpha value is -1.60. The molecule has 1 rings (SSSR count). The lowest BCUT2D eigenvalue weighted by Gasteiger charge is -2.15. The molecule has 0 atom stereocenters. The average Bonchev–Trinajstić information content (AvgIpc) is 2.24.